The normalized spacial score (nSPS) is 10.9. The van der Waals surface area contributed by atoms with Gasteiger partial charge in [-0.15, -0.1) is 0 Å². The zero-order chi connectivity index (χ0) is 17.5. The van der Waals surface area contributed by atoms with Crippen LogP contribution in [0.4, 0.5) is 0 Å². The Kier molecular flexibility index (Phi) is 5.42. The van der Waals surface area contributed by atoms with Crippen LogP contribution in [0.25, 0.3) is 10.8 Å². The molecule has 3 rings (SSSR count). The van der Waals surface area contributed by atoms with Gasteiger partial charge < -0.3 is 4.74 Å². The molecule has 25 heavy (non-hydrogen) atoms. The number of hydrogen-bond acceptors (Lipinski definition) is 3. The van der Waals surface area contributed by atoms with Gasteiger partial charge in [-0.05, 0) is 35.4 Å². The summed E-state index contributed by atoms with van der Waals surface area (Å²) in [7, 11) is 0. The summed E-state index contributed by atoms with van der Waals surface area (Å²) in [5.41, 5.74) is 4.40. The van der Waals surface area contributed by atoms with E-state index in [1.54, 1.807) is 6.21 Å². The van der Waals surface area contributed by atoms with Gasteiger partial charge in [-0.25, -0.2) is 5.43 Å². The second kappa shape index (κ2) is 8.11. The van der Waals surface area contributed by atoms with Gasteiger partial charge in [0.25, 0.3) is 0 Å². The lowest BCUT2D eigenvalue weighted by atomic mass is 10.0. The summed E-state index contributed by atoms with van der Waals surface area (Å²) in [6.07, 6.45) is 1.89. The molecule has 0 aliphatic carbocycles. The van der Waals surface area contributed by atoms with Gasteiger partial charge in [0.1, 0.15) is 5.75 Å². The van der Waals surface area contributed by atoms with E-state index >= 15 is 0 Å². The van der Waals surface area contributed by atoms with Crippen LogP contribution in [-0.4, -0.2) is 18.7 Å². The Hall–Kier alpha value is -3.14. The largest absolute Gasteiger partial charge is 0.493 e. The SMILES string of the molecule is CCOc1ccccc1/C=N/NC(=O)Cc1cccc2ccccc12. The number of hydrogen-bond donors (Lipinski definition) is 1. The monoisotopic (exact) mass is 332 g/mol. The molecule has 126 valence electrons. The second-order valence-electron chi connectivity index (χ2n) is 5.58. The van der Waals surface area contributed by atoms with E-state index in [9.17, 15) is 4.79 Å². The molecular weight excluding hydrogens is 312 g/mol. The molecule has 0 atom stereocenters. The summed E-state index contributed by atoms with van der Waals surface area (Å²) < 4.78 is 5.53. The number of fused-ring (bicyclic) bond motifs is 1. The third-order valence-corrected chi connectivity index (χ3v) is 3.84. The topological polar surface area (TPSA) is 50.7 Å². The van der Waals surface area contributed by atoms with Crippen LogP contribution in [0, 0.1) is 0 Å². The lowest BCUT2D eigenvalue weighted by Gasteiger charge is -2.07. The Balaban J connectivity index is 1.67. The smallest absolute Gasteiger partial charge is 0.244 e. The Labute approximate surface area is 147 Å². The average Bonchev–Trinajstić information content (AvgIpc) is 2.64. The Morgan fingerprint density at radius 3 is 2.68 bits per heavy atom. The number of nitrogens with one attached hydrogen (secondary N) is 1. The fourth-order valence-electron chi connectivity index (χ4n) is 2.71. The van der Waals surface area contributed by atoms with E-state index in [2.05, 4.69) is 10.5 Å². The number of rotatable bonds is 6. The lowest BCUT2D eigenvalue weighted by Crippen LogP contribution is -2.20. The zero-order valence-electron chi connectivity index (χ0n) is 14.1. The standard InChI is InChI=1S/C21H20N2O2/c1-2-25-20-13-6-4-9-18(20)15-22-23-21(24)14-17-11-7-10-16-8-3-5-12-19(16)17/h3-13,15H,2,14H2,1H3,(H,23,24)/b22-15+. The van der Waals surface area contributed by atoms with Crippen molar-refractivity contribution in [3.8, 4) is 5.75 Å². The third-order valence-electron chi connectivity index (χ3n) is 3.84. The van der Waals surface area contributed by atoms with Crippen molar-refractivity contribution in [2.45, 2.75) is 13.3 Å². The number of para-hydroxylation sites is 1. The molecular formula is C21H20N2O2. The number of benzene rings is 3. The van der Waals surface area contributed by atoms with Gasteiger partial charge in [0.15, 0.2) is 0 Å². The van der Waals surface area contributed by atoms with E-state index in [4.69, 9.17) is 4.74 Å². The highest BCUT2D eigenvalue weighted by Gasteiger charge is 2.06. The summed E-state index contributed by atoms with van der Waals surface area (Å²) in [5.74, 6) is 0.596. The van der Waals surface area contributed by atoms with Crippen LogP contribution in [0.3, 0.4) is 0 Å². The molecule has 4 nitrogen and oxygen atoms in total. The van der Waals surface area contributed by atoms with Crippen LogP contribution < -0.4 is 10.2 Å². The molecule has 0 spiro atoms. The number of ether oxygens (including phenoxy) is 1. The number of carbonyl (C=O) groups is 1. The summed E-state index contributed by atoms with van der Waals surface area (Å²) in [6, 6.07) is 21.6. The highest BCUT2D eigenvalue weighted by atomic mass is 16.5. The maximum atomic E-state index is 12.2. The Morgan fingerprint density at radius 2 is 1.80 bits per heavy atom. The highest BCUT2D eigenvalue weighted by molar-refractivity contribution is 5.91. The fraction of sp³-hybridized carbons (Fsp3) is 0.143. The van der Waals surface area contributed by atoms with Crippen molar-refractivity contribution in [1.29, 1.82) is 0 Å². The maximum Gasteiger partial charge on any atom is 0.244 e. The van der Waals surface area contributed by atoms with Crippen LogP contribution in [0.5, 0.6) is 5.75 Å². The molecule has 0 bridgehead atoms. The van der Waals surface area contributed by atoms with Gasteiger partial charge in [-0.2, -0.15) is 5.10 Å². The van der Waals surface area contributed by atoms with E-state index < -0.39 is 0 Å². The molecule has 0 unspecified atom stereocenters. The van der Waals surface area contributed by atoms with Crippen molar-refractivity contribution in [2.24, 2.45) is 5.10 Å². The first-order valence-electron chi connectivity index (χ1n) is 8.28. The Morgan fingerprint density at radius 1 is 1.04 bits per heavy atom. The quantitative estimate of drug-likeness (QED) is 0.549. The minimum absolute atomic E-state index is 0.151. The van der Waals surface area contributed by atoms with Gasteiger partial charge in [0.2, 0.25) is 5.91 Å². The van der Waals surface area contributed by atoms with E-state index in [0.29, 0.717) is 6.61 Å². The summed E-state index contributed by atoms with van der Waals surface area (Å²) in [5, 5.41) is 6.27. The first-order chi connectivity index (χ1) is 12.3. The van der Waals surface area contributed by atoms with Crippen LogP contribution >= 0.6 is 0 Å². The molecule has 1 amide bonds. The third kappa shape index (κ3) is 4.23. The van der Waals surface area contributed by atoms with Crippen molar-refractivity contribution in [2.75, 3.05) is 6.61 Å². The summed E-state index contributed by atoms with van der Waals surface area (Å²) in [4.78, 5) is 12.2. The van der Waals surface area contributed by atoms with Crippen molar-refractivity contribution >= 4 is 22.9 Å². The minimum Gasteiger partial charge on any atom is -0.493 e. The van der Waals surface area contributed by atoms with Crippen LogP contribution in [-0.2, 0) is 11.2 Å². The molecule has 0 heterocycles. The molecule has 0 aliphatic rings. The molecule has 0 saturated heterocycles. The number of hydrazone groups is 1. The van der Waals surface area contributed by atoms with E-state index in [0.717, 1.165) is 27.6 Å². The number of amides is 1. The molecule has 4 heteroatoms. The van der Waals surface area contributed by atoms with Crippen molar-refractivity contribution in [3.05, 3.63) is 77.9 Å². The zero-order valence-corrected chi connectivity index (χ0v) is 14.1. The number of nitrogens with zero attached hydrogens (tertiary/aromatic N) is 1. The molecule has 3 aromatic rings. The van der Waals surface area contributed by atoms with Gasteiger partial charge in [0, 0.05) is 5.56 Å². The van der Waals surface area contributed by atoms with E-state index in [1.165, 1.54) is 0 Å². The average molecular weight is 332 g/mol. The molecule has 1 N–H and O–H groups in total. The van der Waals surface area contributed by atoms with Crippen LogP contribution in [0.15, 0.2) is 71.8 Å². The van der Waals surface area contributed by atoms with Gasteiger partial charge in [-0.3, -0.25) is 4.79 Å². The minimum atomic E-state index is -0.151. The second-order valence-corrected chi connectivity index (χ2v) is 5.58. The Bertz CT molecular complexity index is 898. The van der Waals surface area contributed by atoms with Crippen LogP contribution in [0.2, 0.25) is 0 Å². The predicted molar refractivity (Wildman–Crippen MR) is 101 cm³/mol. The lowest BCUT2D eigenvalue weighted by molar-refractivity contribution is -0.120. The maximum absolute atomic E-state index is 12.2. The molecule has 0 aliphatic heterocycles. The summed E-state index contributed by atoms with van der Waals surface area (Å²) in [6.45, 7) is 2.51. The van der Waals surface area contributed by atoms with Gasteiger partial charge in [-0.1, -0.05) is 54.6 Å². The predicted octanol–water partition coefficient (Wildman–Crippen LogP) is 3.93. The fourth-order valence-corrected chi connectivity index (χ4v) is 2.71. The molecule has 0 aromatic heterocycles. The van der Waals surface area contributed by atoms with Crippen molar-refractivity contribution < 1.29 is 9.53 Å². The highest BCUT2D eigenvalue weighted by Crippen LogP contribution is 2.19. The van der Waals surface area contributed by atoms with E-state index in [1.807, 2.05) is 73.7 Å². The van der Waals surface area contributed by atoms with Crippen LogP contribution in [0.1, 0.15) is 18.1 Å². The van der Waals surface area contributed by atoms with Gasteiger partial charge in [0.05, 0.1) is 19.2 Å². The molecule has 0 radical (unpaired) electrons. The van der Waals surface area contributed by atoms with Gasteiger partial charge >= 0.3 is 0 Å². The van der Waals surface area contributed by atoms with Crippen molar-refractivity contribution in [3.63, 3.8) is 0 Å². The summed E-state index contributed by atoms with van der Waals surface area (Å²) >= 11 is 0. The molecule has 0 saturated carbocycles. The van der Waals surface area contributed by atoms with E-state index in [-0.39, 0.29) is 12.3 Å². The van der Waals surface area contributed by atoms with Crippen molar-refractivity contribution in [1.82, 2.24) is 5.43 Å². The first-order valence-corrected chi connectivity index (χ1v) is 8.28. The number of carbonyl (C=O) groups excluding carboxylic acids is 1. The molecule has 0 fully saturated rings. The first kappa shape index (κ1) is 16.7. The molecule has 3 aromatic carbocycles.